The van der Waals surface area contributed by atoms with E-state index >= 15 is 0 Å². The fourth-order valence-electron chi connectivity index (χ4n) is 0.678. The Hall–Kier alpha value is -0.700. The normalized spacial score (nSPS) is 33.8. The van der Waals surface area contributed by atoms with Gasteiger partial charge in [0, 0.05) is 5.92 Å². The van der Waals surface area contributed by atoms with Gasteiger partial charge in [0.05, 0.1) is 0 Å². The zero-order valence-electron chi connectivity index (χ0n) is 5.31. The Morgan fingerprint density at radius 1 is 1.38 bits per heavy atom. The molecule has 0 N–H and O–H groups in total. The maximum atomic E-state index is 3.09. The lowest BCUT2D eigenvalue weighted by Crippen LogP contribution is -2.03. The minimum absolute atomic E-state index is 0.556. The first-order valence-corrected chi connectivity index (χ1v) is 2.98. The van der Waals surface area contributed by atoms with Gasteiger partial charge in [-0.25, -0.2) is 0 Å². The van der Waals surface area contributed by atoms with Crippen molar-refractivity contribution in [3.05, 3.63) is 12.2 Å². The molecule has 0 saturated heterocycles. The Morgan fingerprint density at radius 2 is 2.12 bits per heavy atom. The van der Waals surface area contributed by atoms with Crippen molar-refractivity contribution in [2.45, 2.75) is 13.8 Å². The van der Waals surface area contributed by atoms with Gasteiger partial charge in [-0.1, -0.05) is 31.8 Å². The molecule has 2 atom stereocenters. The van der Waals surface area contributed by atoms with Gasteiger partial charge < -0.3 is 0 Å². The zero-order valence-corrected chi connectivity index (χ0v) is 5.31. The van der Waals surface area contributed by atoms with E-state index in [0.717, 1.165) is 0 Å². The highest BCUT2D eigenvalue weighted by Gasteiger charge is 2.05. The molecule has 0 nitrogen and oxygen atoms in total. The summed E-state index contributed by atoms with van der Waals surface area (Å²) in [5.41, 5.74) is 0. The third-order valence-corrected chi connectivity index (χ3v) is 1.58. The molecule has 0 aromatic rings. The summed E-state index contributed by atoms with van der Waals surface area (Å²) in [7, 11) is 0. The molecule has 8 heavy (non-hydrogen) atoms. The van der Waals surface area contributed by atoms with E-state index < -0.39 is 0 Å². The maximum absolute atomic E-state index is 3.09. The number of hydrogen-bond donors (Lipinski definition) is 0. The molecule has 2 unspecified atom stereocenters. The van der Waals surface area contributed by atoms with Gasteiger partial charge in [0.2, 0.25) is 0 Å². The third-order valence-electron chi connectivity index (χ3n) is 1.58. The molecular weight excluding hydrogens is 96.1 g/mol. The minimum Gasteiger partial charge on any atom is -0.0948 e. The quantitative estimate of drug-likeness (QED) is 0.413. The van der Waals surface area contributed by atoms with Crippen LogP contribution >= 0.6 is 0 Å². The molecule has 42 valence electrons. The summed E-state index contributed by atoms with van der Waals surface area (Å²) in [6, 6.07) is 0. The molecule has 0 spiro atoms. The molecule has 0 aromatic heterocycles. The second-order valence-electron chi connectivity index (χ2n) is 2.30. The van der Waals surface area contributed by atoms with Gasteiger partial charge in [0.25, 0.3) is 0 Å². The van der Waals surface area contributed by atoms with Crippen molar-refractivity contribution in [3.63, 3.8) is 0 Å². The summed E-state index contributed by atoms with van der Waals surface area (Å²) in [6.45, 7) is 4.34. The SMILES string of the molecule is CC1C#CC=CC1C. The van der Waals surface area contributed by atoms with E-state index in [1.165, 1.54) is 0 Å². The number of hydrogen-bond acceptors (Lipinski definition) is 0. The predicted molar refractivity (Wildman–Crippen MR) is 35.2 cm³/mol. The standard InChI is InChI=1S/C8H10/c1-7-5-3-4-6-8(7)2/h3,5,7-8H,1-2H3. The van der Waals surface area contributed by atoms with Gasteiger partial charge in [-0.15, -0.1) is 0 Å². The lowest BCUT2D eigenvalue weighted by atomic mass is 9.94. The van der Waals surface area contributed by atoms with Gasteiger partial charge >= 0.3 is 0 Å². The van der Waals surface area contributed by atoms with Crippen LogP contribution in [0.2, 0.25) is 0 Å². The molecule has 0 fully saturated rings. The second kappa shape index (κ2) is 2.05. The zero-order chi connectivity index (χ0) is 5.98. The summed E-state index contributed by atoms with van der Waals surface area (Å²) in [5, 5.41) is 0. The molecule has 0 heterocycles. The van der Waals surface area contributed by atoms with E-state index in [9.17, 15) is 0 Å². The van der Waals surface area contributed by atoms with Crippen LogP contribution in [0.5, 0.6) is 0 Å². The van der Waals surface area contributed by atoms with Crippen molar-refractivity contribution >= 4 is 0 Å². The highest BCUT2D eigenvalue weighted by Crippen LogP contribution is 2.12. The van der Waals surface area contributed by atoms with Gasteiger partial charge in [0.15, 0.2) is 0 Å². The lowest BCUT2D eigenvalue weighted by Gasteiger charge is -2.10. The van der Waals surface area contributed by atoms with Crippen LogP contribution in [0.1, 0.15) is 13.8 Å². The largest absolute Gasteiger partial charge is 0.0948 e. The molecule has 0 amide bonds. The second-order valence-corrected chi connectivity index (χ2v) is 2.30. The van der Waals surface area contributed by atoms with E-state index in [1.54, 1.807) is 0 Å². The van der Waals surface area contributed by atoms with Crippen LogP contribution in [-0.2, 0) is 0 Å². The van der Waals surface area contributed by atoms with Crippen LogP contribution in [-0.4, -0.2) is 0 Å². The van der Waals surface area contributed by atoms with Crippen LogP contribution in [0.3, 0.4) is 0 Å². The molecule has 0 saturated carbocycles. The summed E-state index contributed by atoms with van der Waals surface area (Å²) in [4.78, 5) is 0. The minimum atomic E-state index is 0.556. The van der Waals surface area contributed by atoms with Crippen LogP contribution in [0, 0.1) is 23.7 Å². The third kappa shape index (κ3) is 0.924. The fraction of sp³-hybridized carbons (Fsp3) is 0.500. The van der Waals surface area contributed by atoms with Crippen LogP contribution < -0.4 is 0 Å². The van der Waals surface area contributed by atoms with Crippen LogP contribution in [0.25, 0.3) is 0 Å². The van der Waals surface area contributed by atoms with Crippen molar-refractivity contribution < 1.29 is 0 Å². The molecule has 0 radical (unpaired) electrons. The number of rotatable bonds is 0. The highest BCUT2D eigenvalue weighted by atomic mass is 14.1. The van der Waals surface area contributed by atoms with E-state index in [2.05, 4.69) is 31.8 Å². The van der Waals surface area contributed by atoms with Crippen LogP contribution in [0.4, 0.5) is 0 Å². The van der Waals surface area contributed by atoms with Crippen LogP contribution in [0.15, 0.2) is 12.2 Å². The summed E-state index contributed by atoms with van der Waals surface area (Å²) in [5.74, 6) is 7.23. The van der Waals surface area contributed by atoms with Gasteiger partial charge in [-0.05, 0) is 12.0 Å². The van der Waals surface area contributed by atoms with Crippen molar-refractivity contribution in [2.24, 2.45) is 11.8 Å². The Balaban J connectivity index is 2.67. The molecule has 0 aliphatic heterocycles. The van der Waals surface area contributed by atoms with E-state index in [4.69, 9.17) is 0 Å². The predicted octanol–water partition coefficient (Wildman–Crippen LogP) is 1.83. The molecule has 1 aliphatic carbocycles. The average Bonchev–Trinajstić information content (AvgIpc) is 1.77. The van der Waals surface area contributed by atoms with Gasteiger partial charge in [-0.2, -0.15) is 0 Å². The van der Waals surface area contributed by atoms with Crippen molar-refractivity contribution in [1.29, 1.82) is 0 Å². The fourth-order valence-corrected chi connectivity index (χ4v) is 0.678. The van der Waals surface area contributed by atoms with Gasteiger partial charge in [0.1, 0.15) is 0 Å². The molecule has 0 bridgehead atoms. The topological polar surface area (TPSA) is 0 Å². The average molecular weight is 106 g/mol. The lowest BCUT2D eigenvalue weighted by molar-refractivity contribution is 0.573. The molecule has 1 aliphatic rings. The van der Waals surface area contributed by atoms with Gasteiger partial charge in [-0.3, -0.25) is 0 Å². The summed E-state index contributed by atoms with van der Waals surface area (Å²) >= 11 is 0. The first kappa shape index (κ1) is 5.44. The van der Waals surface area contributed by atoms with Crippen molar-refractivity contribution in [3.8, 4) is 11.8 Å². The van der Waals surface area contributed by atoms with E-state index in [1.807, 2.05) is 6.08 Å². The Bertz CT molecular complexity index is 155. The summed E-state index contributed by atoms with van der Waals surface area (Å²) in [6.07, 6.45) is 4.09. The van der Waals surface area contributed by atoms with E-state index in [-0.39, 0.29) is 0 Å². The maximum Gasteiger partial charge on any atom is 0.0238 e. The Kier molecular flexibility index (Phi) is 1.39. The molecule has 0 aromatic carbocycles. The Labute approximate surface area is 50.6 Å². The first-order chi connectivity index (χ1) is 3.80. The molecule has 0 heteroatoms. The monoisotopic (exact) mass is 106 g/mol. The Morgan fingerprint density at radius 3 is 2.50 bits per heavy atom. The van der Waals surface area contributed by atoms with E-state index in [0.29, 0.717) is 11.8 Å². The number of allylic oxidation sites excluding steroid dienone is 2. The molecule has 1 rings (SSSR count). The summed E-state index contributed by atoms with van der Waals surface area (Å²) < 4.78 is 0. The van der Waals surface area contributed by atoms with Crippen molar-refractivity contribution in [1.82, 2.24) is 0 Å². The highest BCUT2D eigenvalue weighted by molar-refractivity contribution is 5.23. The smallest absolute Gasteiger partial charge is 0.0238 e. The molecular formula is C8H10. The van der Waals surface area contributed by atoms with Crippen molar-refractivity contribution in [2.75, 3.05) is 0 Å². The first-order valence-electron chi connectivity index (χ1n) is 2.98.